The van der Waals surface area contributed by atoms with E-state index >= 15 is 0 Å². The molecule has 0 aliphatic heterocycles. The van der Waals surface area contributed by atoms with Crippen LogP contribution in [0.1, 0.15) is 0 Å². The molecule has 3 nitrogen and oxygen atoms in total. The fraction of sp³-hybridized carbons (Fsp3) is 0.111. The minimum absolute atomic E-state index is 0.116. The van der Waals surface area contributed by atoms with Crippen LogP contribution in [-0.4, -0.2) is 12.5 Å². The van der Waals surface area contributed by atoms with Gasteiger partial charge in [-0.1, -0.05) is 18.2 Å². The highest BCUT2D eigenvalue weighted by molar-refractivity contribution is 5.93. The van der Waals surface area contributed by atoms with Crippen molar-refractivity contribution < 1.29 is 4.79 Å². The maximum absolute atomic E-state index is 10.9. The predicted molar refractivity (Wildman–Crippen MR) is 46.5 cm³/mol. The number of rotatable bonds is 2. The second-order valence-electron chi connectivity index (χ2n) is 2.23. The molecule has 0 radical (unpaired) electrons. The fourth-order valence-electron chi connectivity index (χ4n) is 0.794. The first-order valence-electron chi connectivity index (χ1n) is 3.51. The summed E-state index contributed by atoms with van der Waals surface area (Å²) < 4.78 is 0. The number of hydrogen-bond acceptors (Lipinski definition) is 1. The highest BCUT2D eigenvalue weighted by Gasteiger charge is 2.02. The largest absolute Gasteiger partial charge is 0.320 e. The molecule has 0 saturated carbocycles. The summed E-state index contributed by atoms with van der Waals surface area (Å²) in [7, 11) is 0. The van der Waals surface area contributed by atoms with Crippen molar-refractivity contribution in [3.63, 3.8) is 0 Å². The van der Waals surface area contributed by atoms with Gasteiger partial charge in [0.05, 0.1) is 0 Å². The predicted octanol–water partition coefficient (Wildman–Crippen LogP) is 1.54. The van der Waals surface area contributed by atoms with Gasteiger partial charge in [0, 0.05) is 5.69 Å². The van der Waals surface area contributed by atoms with E-state index in [-0.39, 0.29) is 12.5 Å². The normalized spacial score (nSPS) is 8.58. The Hall–Kier alpha value is -1.82. The van der Waals surface area contributed by atoms with Gasteiger partial charge in [-0.15, -0.1) is 0 Å². The molecule has 1 N–H and O–H groups in total. The molecule has 0 heterocycles. The van der Waals surface area contributed by atoms with Crippen LogP contribution < -0.4 is 5.32 Å². The minimum Gasteiger partial charge on any atom is -0.320 e. The number of anilines is 1. The van der Waals surface area contributed by atoms with Crippen LogP contribution in [0.4, 0.5) is 5.69 Å². The number of amides is 1. The molecule has 0 spiro atoms. The van der Waals surface area contributed by atoms with Gasteiger partial charge in [0.2, 0.25) is 0 Å². The van der Waals surface area contributed by atoms with Gasteiger partial charge in [0.25, 0.3) is 6.54 Å². The second-order valence-corrected chi connectivity index (χ2v) is 2.23. The van der Waals surface area contributed by atoms with Gasteiger partial charge in [-0.3, -0.25) is 4.79 Å². The lowest BCUT2D eigenvalue weighted by atomic mass is 10.3. The molecule has 0 atom stereocenters. The summed E-state index contributed by atoms with van der Waals surface area (Å²) in [5.41, 5.74) is 0.728. The summed E-state index contributed by atoms with van der Waals surface area (Å²) >= 11 is 0. The van der Waals surface area contributed by atoms with Gasteiger partial charge in [-0.05, 0) is 12.1 Å². The molecule has 0 saturated heterocycles. The van der Waals surface area contributed by atoms with Crippen molar-refractivity contribution in [3.05, 3.63) is 41.7 Å². The second kappa shape index (κ2) is 4.14. The number of para-hydroxylation sites is 1. The van der Waals surface area contributed by atoms with Crippen molar-refractivity contribution >= 4 is 11.6 Å². The summed E-state index contributed by atoms with van der Waals surface area (Å²) in [4.78, 5) is 13.9. The van der Waals surface area contributed by atoms with Crippen LogP contribution in [-0.2, 0) is 4.79 Å². The van der Waals surface area contributed by atoms with E-state index in [2.05, 4.69) is 10.2 Å². The Labute approximate surface area is 70.8 Å². The highest BCUT2D eigenvalue weighted by Crippen LogP contribution is 2.03. The molecule has 0 aromatic heterocycles. The van der Waals surface area contributed by atoms with Crippen LogP contribution in [0, 0.1) is 6.57 Å². The SMILES string of the molecule is [C-]#[N+]CC(=O)Nc1ccccc1. The van der Waals surface area contributed by atoms with E-state index in [0.717, 1.165) is 5.69 Å². The summed E-state index contributed by atoms with van der Waals surface area (Å²) in [6.07, 6.45) is 0. The Morgan fingerprint density at radius 1 is 1.42 bits per heavy atom. The first kappa shape index (κ1) is 8.28. The van der Waals surface area contributed by atoms with E-state index in [4.69, 9.17) is 6.57 Å². The van der Waals surface area contributed by atoms with Crippen molar-refractivity contribution in [3.8, 4) is 0 Å². The van der Waals surface area contributed by atoms with Gasteiger partial charge in [0.15, 0.2) is 0 Å². The Bertz CT molecular complexity index is 300. The number of nitrogens with one attached hydrogen (secondary N) is 1. The Morgan fingerprint density at radius 3 is 2.67 bits per heavy atom. The summed E-state index contributed by atoms with van der Waals surface area (Å²) in [6.45, 7) is 6.35. The Balaban J connectivity index is 2.54. The Morgan fingerprint density at radius 2 is 2.08 bits per heavy atom. The molecule has 3 heteroatoms. The smallest absolute Gasteiger partial charge is 0.304 e. The Kier molecular flexibility index (Phi) is 2.86. The van der Waals surface area contributed by atoms with Gasteiger partial charge < -0.3 is 10.2 Å². The van der Waals surface area contributed by atoms with Crippen molar-refractivity contribution in [2.24, 2.45) is 0 Å². The zero-order valence-electron chi connectivity index (χ0n) is 6.45. The maximum Gasteiger partial charge on any atom is 0.304 e. The lowest BCUT2D eigenvalue weighted by molar-refractivity contribution is -0.114. The molecule has 1 aromatic carbocycles. The van der Waals surface area contributed by atoms with Crippen LogP contribution in [0.25, 0.3) is 4.85 Å². The molecular weight excluding hydrogens is 152 g/mol. The molecule has 0 bridgehead atoms. The third kappa shape index (κ3) is 2.43. The van der Waals surface area contributed by atoms with Crippen LogP contribution in [0.2, 0.25) is 0 Å². The van der Waals surface area contributed by atoms with E-state index in [9.17, 15) is 4.79 Å². The van der Waals surface area contributed by atoms with E-state index in [1.165, 1.54) is 0 Å². The van der Waals surface area contributed by atoms with E-state index in [0.29, 0.717) is 0 Å². The number of carbonyl (C=O) groups excluding carboxylic acids is 1. The number of benzene rings is 1. The molecule has 0 aliphatic rings. The molecule has 12 heavy (non-hydrogen) atoms. The van der Waals surface area contributed by atoms with Crippen molar-refractivity contribution in [1.82, 2.24) is 0 Å². The van der Waals surface area contributed by atoms with E-state index < -0.39 is 0 Å². The topological polar surface area (TPSA) is 33.5 Å². The average Bonchev–Trinajstić information content (AvgIpc) is 2.06. The molecule has 60 valence electrons. The van der Waals surface area contributed by atoms with Crippen molar-refractivity contribution in [2.45, 2.75) is 0 Å². The number of nitrogens with zero attached hydrogens (tertiary/aromatic N) is 1. The average molecular weight is 160 g/mol. The van der Waals surface area contributed by atoms with Gasteiger partial charge in [-0.25, -0.2) is 6.57 Å². The first-order chi connectivity index (χ1) is 5.83. The quantitative estimate of drug-likeness (QED) is 0.654. The third-order valence-corrected chi connectivity index (χ3v) is 1.28. The van der Waals surface area contributed by atoms with Gasteiger partial charge in [0.1, 0.15) is 0 Å². The summed E-state index contributed by atoms with van der Waals surface area (Å²) in [5, 5.41) is 2.59. The van der Waals surface area contributed by atoms with Crippen LogP contribution in [0.3, 0.4) is 0 Å². The molecule has 0 unspecified atom stereocenters. The van der Waals surface area contributed by atoms with Gasteiger partial charge >= 0.3 is 5.91 Å². The number of hydrogen-bond donors (Lipinski definition) is 1. The van der Waals surface area contributed by atoms with E-state index in [1.807, 2.05) is 18.2 Å². The molecular formula is C9H8N2O. The first-order valence-corrected chi connectivity index (χ1v) is 3.51. The lowest BCUT2D eigenvalue weighted by Crippen LogP contribution is -2.13. The summed E-state index contributed by atoms with van der Waals surface area (Å²) in [6, 6.07) is 9.08. The zero-order valence-corrected chi connectivity index (χ0v) is 6.45. The zero-order chi connectivity index (χ0) is 8.81. The molecule has 0 aliphatic carbocycles. The minimum atomic E-state index is -0.267. The van der Waals surface area contributed by atoms with Crippen molar-refractivity contribution in [1.29, 1.82) is 0 Å². The highest BCUT2D eigenvalue weighted by atomic mass is 16.1. The standard InChI is InChI=1S/C9H8N2O/c1-10-7-9(12)11-8-5-3-2-4-6-8/h2-6H,7H2,(H,11,12). The molecule has 0 fully saturated rings. The number of carbonyl (C=O) groups is 1. The molecule has 1 rings (SSSR count). The van der Waals surface area contributed by atoms with E-state index in [1.54, 1.807) is 12.1 Å². The fourth-order valence-corrected chi connectivity index (χ4v) is 0.794. The lowest BCUT2D eigenvalue weighted by Gasteiger charge is -1.98. The molecule has 1 amide bonds. The molecule has 1 aromatic rings. The van der Waals surface area contributed by atoms with Gasteiger partial charge in [-0.2, -0.15) is 0 Å². The van der Waals surface area contributed by atoms with Crippen LogP contribution >= 0.6 is 0 Å². The van der Waals surface area contributed by atoms with Crippen LogP contribution in [0.15, 0.2) is 30.3 Å². The van der Waals surface area contributed by atoms with Crippen LogP contribution in [0.5, 0.6) is 0 Å². The summed E-state index contributed by atoms with van der Waals surface area (Å²) in [5.74, 6) is -0.267. The van der Waals surface area contributed by atoms with Crippen molar-refractivity contribution in [2.75, 3.05) is 11.9 Å². The maximum atomic E-state index is 10.9. The monoisotopic (exact) mass is 160 g/mol. The third-order valence-electron chi connectivity index (χ3n) is 1.28.